The zero-order valence-corrected chi connectivity index (χ0v) is 12.9. The fourth-order valence-electron chi connectivity index (χ4n) is 2.62. The van der Waals surface area contributed by atoms with E-state index < -0.39 is 15.8 Å². The predicted molar refractivity (Wildman–Crippen MR) is 78.9 cm³/mol. The Kier molecular flexibility index (Phi) is 5.94. The lowest BCUT2D eigenvalue weighted by molar-refractivity contribution is 0.452. The maximum absolute atomic E-state index is 13.5. The van der Waals surface area contributed by atoms with Gasteiger partial charge in [0.15, 0.2) is 0 Å². The highest BCUT2D eigenvalue weighted by Crippen LogP contribution is 2.27. The molecule has 1 aliphatic rings. The van der Waals surface area contributed by atoms with Crippen LogP contribution in [-0.4, -0.2) is 21.0 Å². The average molecular weight is 323 g/mol. The van der Waals surface area contributed by atoms with Crippen molar-refractivity contribution in [3.63, 3.8) is 0 Å². The van der Waals surface area contributed by atoms with E-state index >= 15 is 0 Å². The van der Waals surface area contributed by atoms with Crippen molar-refractivity contribution in [2.45, 2.75) is 37.1 Å². The fraction of sp³-hybridized carbons (Fsp3) is 0.538. The highest BCUT2D eigenvalue weighted by atomic mass is 35.5. The zero-order valence-electron chi connectivity index (χ0n) is 11.3. The Morgan fingerprint density at radius 3 is 2.75 bits per heavy atom. The van der Waals surface area contributed by atoms with Gasteiger partial charge in [-0.25, -0.2) is 17.5 Å². The molecule has 0 saturated heterocycles. The van der Waals surface area contributed by atoms with Gasteiger partial charge in [-0.2, -0.15) is 0 Å². The van der Waals surface area contributed by atoms with Crippen molar-refractivity contribution in [1.82, 2.24) is 4.72 Å². The molecule has 2 rings (SSSR count). The van der Waals surface area contributed by atoms with E-state index in [1.54, 1.807) is 0 Å². The van der Waals surface area contributed by atoms with Crippen molar-refractivity contribution in [1.29, 1.82) is 0 Å². The number of rotatable bonds is 4. The van der Waals surface area contributed by atoms with Crippen molar-refractivity contribution >= 4 is 22.4 Å². The van der Waals surface area contributed by atoms with E-state index in [1.807, 2.05) is 0 Å². The van der Waals surface area contributed by atoms with Crippen LogP contribution in [0.1, 0.15) is 24.8 Å². The summed E-state index contributed by atoms with van der Waals surface area (Å²) in [5.41, 5.74) is 5.79. The third kappa shape index (κ3) is 3.49. The smallest absolute Gasteiger partial charge is 0.241 e. The van der Waals surface area contributed by atoms with Crippen molar-refractivity contribution in [3.8, 4) is 0 Å². The lowest BCUT2D eigenvalue weighted by atomic mass is 10.1. The molecular formula is C13H20ClFN2O2S. The van der Waals surface area contributed by atoms with Gasteiger partial charge >= 0.3 is 0 Å². The second-order valence-electron chi connectivity index (χ2n) is 5.02. The molecule has 0 radical (unpaired) electrons. The van der Waals surface area contributed by atoms with Crippen molar-refractivity contribution in [2.24, 2.45) is 11.7 Å². The maximum Gasteiger partial charge on any atom is 0.241 e. The maximum atomic E-state index is 13.5. The van der Waals surface area contributed by atoms with Gasteiger partial charge in [-0.05, 0) is 44.4 Å². The minimum Gasteiger partial charge on any atom is -0.330 e. The molecule has 0 amide bonds. The van der Waals surface area contributed by atoms with Crippen LogP contribution in [-0.2, 0) is 10.0 Å². The Bertz CT molecular complexity index is 565. The molecule has 3 N–H and O–H groups in total. The lowest BCUT2D eigenvalue weighted by Gasteiger charge is -2.20. The molecule has 7 heteroatoms. The summed E-state index contributed by atoms with van der Waals surface area (Å²) >= 11 is 0. The highest BCUT2D eigenvalue weighted by molar-refractivity contribution is 7.89. The number of nitrogens with one attached hydrogen (secondary N) is 1. The first kappa shape index (κ1) is 17.4. The molecule has 1 aromatic carbocycles. The van der Waals surface area contributed by atoms with Gasteiger partial charge < -0.3 is 5.73 Å². The molecule has 1 saturated carbocycles. The first-order chi connectivity index (χ1) is 8.95. The lowest BCUT2D eigenvalue weighted by Crippen LogP contribution is -2.40. The molecule has 0 bridgehead atoms. The summed E-state index contributed by atoms with van der Waals surface area (Å²) in [7, 11) is -3.69. The summed E-state index contributed by atoms with van der Waals surface area (Å²) in [5, 5.41) is 0. The van der Waals surface area contributed by atoms with E-state index in [4.69, 9.17) is 5.73 Å². The topological polar surface area (TPSA) is 72.2 Å². The SMILES string of the molecule is Cc1c(F)cccc1S(=O)(=O)NC1CCCC1CN.Cl. The highest BCUT2D eigenvalue weighted by Gasteiger charge is 2.31. The molecule has 2 unspecified atom stereocenters. The van der Waals surface area contributed by atoms with Gasteiger partial charge in [-0.15, -0.1) is 12.4 Å². The Balaban J connectivity index is 0.00000200. The summed E-state index contributed by atoms with van der Waals surface area (Å²) < 4.78 is 40.7. The second kappa shape index (κ2) is 6.85. The van der Waals surface area contributed by atoms with Crippen LogP contribution in [0.15, 0.2) is 23.1 Å². The van der Waals surface area contributed by atoms with Gasteiger partial charge in [0.1, 0.15) is 5.82 Å². The largest absolute Gasteiger partial charge is 0.330 e. The van der Waals surface area contributed by atoms with E-state index in [-0.39, 0.29) is 34.8 Å². The van der Waals surface area contributed by atoms with Gasteiger partial charge in [0.05, 0.1) is 4.90 Å². The van der Waals surface area contributed by atoms with Crippen molar-refractivity contribution in [2.75, 3.05) is 6.54 Å². The molecule has 0 aliphatic heterocycles. The van der Waals surface area contributed by atoms with E-state index in [0.717, 1.165) is 19.3 Å². The Morgan fingerprint density at radius 2 is 2.10 bits per heavy atom. The monoisotopic (exact) mass is 322 g/mol. The minimum absolute atomic E-state index is 0. The molecule has 4 nitrogen and oxygen atoms in total. The standard InChI is InChI=1S/C13H19FN2O2S.ClH/c1-9-11(14)5-3-7-13(9)19(17,18)16-12-6-2-4-10(12)8-15;/h3,5,7,10,12,16H,2,4,6,8,15H2,1H3;1H. The van der Waals surface area contributed by atoms with Crippen LogP contribution in [0.3, 0.4) is 0 Å². The second-order valence-corrected chi connectivity index (χ2v) is 6.70. The number of hydrogen-bond acceptors (Lipinski definition) is 3. The summed E-state index contributed by atoms with van der Waals surface area (Å²) in [6.07, 6.45) is 2.69. The van der Waals surface area contributed by atoms with Gasteiger partial charge in [-0.3, -0.25) is 0 Å². The Morgan fingerprint density at radius 1 is 1.40 bits per heavy atom. The summed E-state index contributed by atoms with van der Waals surface area (Å²) in [5.74, 6) is -0.340. The first-order valence-electron chi connectivity index (χ1n) is 6.43. The van der Waals surface area contributed by atoms with Crippen LogP contribution >= 0.6 is 12.4 Å². The van der Waals surface area contributed by atoms with Gasteiger partial charge in [-0.1, -0.05) is 12.5 Å². The normalized spacial score (nSPS) is 22.6. The van der Waals surface area contributed by atoms with Crippen LogP contribution in [0.4, 0.5) is 4.39 Å². The molecule has 114 valence electrons. The molecular weight excluding hydrogens is 303 g/mol. The number of benzene rings is 1. The van der Waals surface area contributed by atoms with Crippen molar-refractivity contribution < 1.29 is 12.8 Å². The van der Waals surface area contributed by atoms with Gasteiger partial charge in [0.2, 0.25) is 10.0 Å². The molecule has 1 aliphatic carbocycles. The Labute approximate surface area is 125 Å². The predicted octanol–water partition coefficient (Wildman–Crippen LogP) is 1.96. The van der Waals surface area contributed by atoms with E-state index in [0.29, 0.717) is 6.54 Å². The number of halogens is 2. The fourth-order valence-corrected chi connectivity index (χ4v) is 4.21. The number of sulfonamides is 1. The minimum atomic E-state index is -3.69. The summed E-state index contributed by atoms with van der Waals surface area (Å²) in [6.45, 7) is 1.94. The van der Waals surface area contributed by atoms with Crippen LogP contribution in [0.2, 0.25) is 0 Å². The number of nitrogens with two attached hydrogens (primary N) is 1. The molecule has 1 aromatic rings. The molecule has 20 heavy (non-hydrogen) atoms. The number of hydrogen-bond donors (Lipinski definition) is 2. The van der Waals surface area contributed by atoms with Crippen LogP contribution in [0, 0.1) is 18.7 Å². The third-order valence-electron chi connectivity index (χ3n) is 3.78. The molecule has 0 heterocycles. The Hall–Kier alpha value is -0.690. The molecule has 0 aromatic heterocycles. The summed E-state index contributed by atoms with van der Waals surface area (Å²) in [6, 6.07) is 3.95. The third-order valence-corrected chi connectivity index (χ3v) is 5.41. The van der Waals surface area contributed by atoms with Crippen molar-refractivity contribution in [3.05, 3.63) is 29.6 Å². The molecule has 0 spiro atoms. The van der Waals surface area contributed by atoms with Gasteiger partial charge in [0.25, 0.3) is 0 Å². The van der Waals surface area contributed by atoms with E-state index in [9.17, 15) is 12.8 Å². The van der Waals surface area contributed by atoms with Crippen LogP contribution < -0.4 is 10.5 Å². The first-order valence-corrected chi connectivity index (χ1v) is 7.91. The summed E-state index contributed by atoms with van der Waals surface area (Å²) in [4.78, 5) is 0.00942. The zero-order chi connectivity index (χ0) is 14.0. The molecule has 2 atom stereocenters. The average Bonchev–Trinajstić information content (AvgIpc) is 2.78. The molecule has 1 fully saturated rings. The van der Waals surface area contributed by atoms with E-state index in [1.165, 1.54) is 25.1 Å². The van der Waals surface area contributed by atoms with Crippen LogP contribution in [0.5, 0.6) is 0 Å². The van der Waals surface area contributed by atoms with Crippen LogP contribution in [0.25, 0.3) is 0 Å². The van der Waals surface area contributed by atoms with Gasteiger partial charge in [0, 0.05) is 11.6 Å². The van der Waals surface area contributed by atoms with E-state index in [2.05, 4.69) is 4.72 Å². The quantitative estimate of drug-likeness (QED) is 0.890.